The van der Waals surface area contributed by atoms with Crippen LogP contribution in [0, 0.1) is 0 Å². The Labute approximate surface area is 85.0 Å². The SMILES string of the molecule is C=CCCC(C)NCCn1cncn1. The summed E-state index contributed by atoms with van der Waals surface area (Å²) in [5.74, 6) is 0. The molecule has 0 aromatic carbocycles. The summed E-state index contributed by atoms with van der Waals surface area (Å²) in [4.78, 5) is 3.88. The maximum absolute atomic E-state index is 4.02. The Morgan fingerprint density at radius 1 is 1.64 bits per heavy atom. The molecule has 4 nitrogen and oxygen atoms in total. The molecule has 78 valence electrons. The quantitative estimate of drug-likeness (QED) is 0.664. The standard InChI is InChI=1S/C10H18N4/c1-3-4-5-10(2)12-6-7-14-9-11-8-13-14/h3,8-10,12H,1,4-7H2,2H3. The fraction of sp³-hybridized carbons (Fsp3) is 0.600. The number of hydrogen-bond acceptors (Lipinski definition) is 3. The molecular weight excluding hydrogens is 176 g/mol. The lowest BCUT2D eigenvalue weighted by molar-refractivity contribution is 0.477. The first kappa shape index (κ1) is 10.9. The molecule has 1 N–H and O–H groups in total. The Bertz CT molecular complexity index is 243. The van der Waals surface area contributed by atoms with Gasteiger partial charge in [0.1, 0.15) is 12.7 Å². The van der Waals surface area contributed by atoms with Crippen molar-refractivity contribution in [3.8, 4) is 0 Å². The summed E-state index contributed by atoms with van der Waals surface area (Å²) in [5.41, 5.74) is 0. The van der Waals surface area contributed by atoms with Gasteiger partial charge in [-0.25, -0.2) is 4.98 Å². The highest BCUT2D eigenvalue weighted by molar-refractivity contribution is 4.71. The highest BCUT2D eigenvalue weighted by Crippen LogP contribution is 1.95. The summed E-state index contributed by atoms with van der Waals surface area (Å²) in [6.07, 6.45) is 7.45. The van der Waals surface area contributed by atoms with Gasteiger partial charge in [-0.2, -0.15) is 5.10 Å². The monoisotopic (exact) mass is 194 g/mol. The van der Waals surface area contributed by atoms with Crippen LogP contribution in [0.4, 0.5) is 0 Å². The maximum atomic E-state index is 4.02. The highest BCUT2D eigenvalue weighted by atomic mass is 15.3. The Hall–Kier alpha value is -1.16. The fourth-order valence-corrected chi connectivity index (χ4v) is 1.24. The first-order chi connectivity index (χ1) is 6.83. The van der Waals surface area contributed by atoms with Gasteiger partial charge in [-0.15, -0.1) is 6.58 Å². The van der Waals surface area contributed by atoms with Gasteiger partial charge in [0.25, 0.3) is 0 Å². The third-order valence-corrected chi connectivity index (χ3v) is 2.10. The summed E-state index contributed by atoms with van der Waals surface area (Å²) >= 11 is 0. The number of nitrogens with zero attached hydrogens (tertiary/aromatic N) is 3. The molecule has 0 amide bonds. The molecule has 0 aliphatic rings. The summed E-state index contributed by atoms with van der Waals surface area (Å²) in [7, 11) is 0. The summed E-state index contributed by atoms with van der Waals surface area (Å²) < 4.78 is 1.83. The zero-order valence-electron chi connectivity index (χ0n) is 8.69. The first-order valence-corrected chi connectivity index (χ1v) is 4.99. The van der Waals surface area contributed by atoms with E-state index in [4.69, 9.17) is 0 Å². The lowest BCUT2D eigenvalue weighted by Gasteiger charge is -2.12. The van der Waals surface area contributed by atoms with Crippen LogP contribution in [0.2, 0.25) is 0 Å². The van der Waals surface area contributed by atoms with E-state index in [1.54, 1.807) is 12.7 Å². The molecule has 1 atom stereocenters. The summed E-state index contributed by atoms with van der Waals surface area (Å²) in [6.45, 7) is 7.69. The van der Waals surface area contributed by atoms with Crippen molar-refractivity contribution < 1.29 is 0 Å². The topological polar surface area (TPSA) is 42.7 Å². The van der Waals surface area contributed by atoms with Gasteiger partial charge in [-0.05, 0) is 19.8 Å². The maximum Gasteiger partial charge on any atom is 0.137 e. The highest BCUT2D eigenvalue weighted by Gasteiger charge is 1.98. The minimum absolute atomic E-state index is 0.538. The van der Waals surface area contributed by atoms with Crippen LogP contribution in [-0.4, -0.2) is 27.4 Å². The van der Waals surface area contributed by atoms with Crippen LogP contribution < -0.4 is 5.32 Å². The van der Waals surface area contributed by atoms with E-state index in [1.807, 2.05) is 10.8 Å². The van der Waals surface area contributed by atoms with Crippen molar-refractivity contribution in [3.63, 3.8) is 0 Å². The third kappa shape index (κ3) is 4.18. The largest absolute Gasteiger partial charge is 0.312 e. The van der Waals surface area contributed by atoms with Crippen molar-refractivity contribution >= 4 is 0 Å². The van der Waals surface area contributed by atoms with Crippen LogP contribution in [0.5, 0.6) is 0 Å². The molecular formula is C10H18N4. The molecule has 0 saturated heterocycles. The molecule has 0 aliphatic heterocycles. The van der Waals surface area contributed by atoms with Crippen molar-refractivity contribution in [2.24, 2.45) is 0 Å². The van der Waals surface area contributed by atoms with Crippen molar-refractivity contribution in [2.45, 2.75) is 32.4 Å². The van der Waals surface area contributed by atoms with Gasteiger partial charge in [0.05, 0.1) is 6.54 Å². The predicted molar refractivity (Wildman–Crippen MR) is 56.9 cm³/mol. The van der Waals surface area contributed by atoms with E-state index >= 15 is 0 Å². The van der Waals surface area contributed by atoms with E-state index in [-0.39, 0.29) is 0 Å². The lowest BCUT2D eigenvalue weighted by atomic mass is 10.2. The summed E-state index contributed by atoms with van der Waals surface area (Å²) in [5, 5.41) is 7.44. The number of nitrogens with one attached hydrogen (secondary N) is 1. The van der Waals surface area contributed by atoms with Crippen molar-refractivity contribution in [1.29, 1.82) is 0 Å². The normalized spacial score (nSPS) is 12.6. The molecule has 1 aromatic heterocycles. The van der Waals surface area contributed by atoms with Gasteiger partial charge in [0, 0.05) is 12.6 Å². The van der Waals surface area contributed by atoms with Crippen LogP contribution in [-0.2, 0) is 6.54 Å². The van der Waals surface area contributed by atoms with E-state index in [9.17, 15) is 0 Å². The van der Waals surface area contributed by atoms with Gasteiger partial charge in [-0.3, -0.25) is 4.68 Å². The number of hydrogen-bond donors (Lipinski definition) is 1. The number of aromatic nitrogens is 3. The molecule has 1 rings (SSSR count). The van der Waals surface area contributed by atoms with Gasteiger partial charge in [0.15, 0.2) is 0 Å². The lowest BCUT2D eigenvalue weighted by Crippen LogP contribution is -2.29. The molecule has 1 unspecified atom stereocenters. The van der Waals surface area contributed by atoms with E-state index < -0.39 is 0 Å². The molecule has 14 heavy (non-hydrogen) atoms. The predicted octanol–water partition coefficient (Wildman–Crippen LogP) is 1.22. The average Bonchev–Trinajstić information content (AvgIpc) is 2.67. The smallest absolute Gasteiger partial charge is 0.137 e. The Balaban J connectivity index is 2.06. The van der Waals surface area contributed by atoms with Crippen LogP contribution in [0.1, 0.15) is 19.8 Å². The molecule has 0 fully saturated rings. The molecule has 1 heterocycles. The van der Waals surface area contributed by atoms with Gasteiger partial charge in [-0.1, -0.05) is 6.08 Å². The zero-order chi connectivity index (χ0) is 10.2. The Morgan fingerprint density at radius 3 is 3.14 bits per heavy atom. The zero-order valence-corrected chi connectivity index (χ0v) is 8.69. The van der Waals surface area contributed by atoms with Crippen molar-refractivity contribution in [2.75, 3.05) is 6.54 Å². The van der Waals surface area contributed by atoms with E-state index in [0.29, 0.717) is 6.04 Å². The fourth-order valence-electron chi connectivity index (χ4n) is 1.24. The number of allylic oxidation sites excluding steroid dienone is 1. The van der Waals surface area contributed by atoms with E-state index in [2.05, 4.69) is 28.9 Å². The molecule has 1 aromatic rings. The molecule has 0 spiro atoms. The second-order valence-electron chi connectivity index (χ2n) is 3.38. The van der Waals surface area contributed by atoms with Crippen molar-refractivity contribution in [3.05, 3.63) is 25.3 Å². The van der Waals surface area contributed by atoms with Gasteiger partial charge < -0.3 is 5.32 Å². The van der Waals surface area contributed by atoms with Crippen LogP contribution >= 0.6 is 0 Å². The van der Waals surface area contributed by atoms with Crippen molar-refractivity contribution in [1.82, 2.24) is 20.1 Å². The Morgan fingerprint density at radius 2 is 2.50 bits per heavy atom. The van der Waals surface area contributed by atoms with E-state index in [1.165, 1.54) is 0 Å². The minimum Gasteiger partial charge on any atom is -0.312 e. The summed E-state index contributed by atoms with van der Waals surface area (Å²) in [6, 6.07) is 0.538. The minimum atomic E-state index is 0.538. The third-order valence-electron chi connectivity index (χ3n) is 2.10. The van der Waals surface area contributed by atoms with Gasteiger partial charge in [0.2, 0.25) is 0 Å². The molecule has 0 aliphatic carbocycles. The Kier molecular flexibility index (Phi) is 4.93. The second-order valence-corrected chi connectivity index (χ2v) is 3.38. The van der Waals surface area contributed by atoms with Crippen LogP contribution in [0.3, 0.4) is 0 Å². The van der Waals surface area contributed by atoms with E-state index in [0.717, 1.165) is 25.9 Å². The van der Waals surface area contributed by atoms with Crippen LogP contribution in [0.25, 0.3) is 0 Å². The van der Waals surface area contributed by atoms with Crippen LogP contribution in [0.15, 0.2) is 25.3 Å². The second kappa shape index (κ2) is 6.32. The molecule has 4 heteroatoms. The number of rotatable bonds is 7. The molecule has 0 saturated carbocycles. The average molecular weight is 194 g/mol. The first-order valence-electron chi connectivity index (χ1n) is 4.99. The van der Waals surface area contributed by atoms with Gasteiger partial charge >= 0.3 is 0 Å². The molecule has 0 bridgehead atoms. The molecule has 0 radical (unpaired) electrons.